The number of amides is 1. The van der Waals surface area contributed by atoms with E-state index in [0.717, 1.165) is 25.7 Å². The van der Waals surface area contributed by atoms with Crippen LogP contribution in [0.5, 0.6) is 0 Å². The summed E-state index contributed by atoms with van der Waals surface area (Å²) in [5.41, 5.74) is 0. The minimum absolute atomic E-state index is 0.152. The van der Waals surface area contributed by atoms with Crippen molar-refractivity contribution in [2.45, 2.75) is 50.0 Å². The number of methoxy groups -OCH3 is 1. The average molecular weight is 275 g/mol. The molecule has 0 spiro atoms. The molecule has 1 saturated carbocycles. The number of rotatable bonds is 5. The Labute approximate surface area is 112 Å². The van der Waals surface area contributed by atoms with E-state index in [0.29, 0.717) is 5.75 Å². The van der Waals surface area contributed by atoms with Crippen molar-refractivity contribution >= 4 is 23.6 Å². The highest BCUT2D eigenvalue weighted by Gasteiger charge is 2.27. The van der Waals surface area contributed by atoms with Gasteiger partial charge in [0.05, 0.1) is 13.2 Å². The van der Waals surface area contributed by atoms with Gasteiger partial charge in [-0.05, 0) is 12.8 Å². The van der Waals surface area contributed by atoms with Crippen molar-refractivity contribution in [1.82, 2.24) is 5.32 Å². The van der Waals surface area contributed by atoms with Gasteiger partial charge in [-0.1, -0.05) is 12.8 Å². The quantitative estimate of drug-likeness (QED) is 0.722. The molecule has 0 aromatic carbocycles. The topological polar surface area (TPSA) is 75.6 Å². The van der Waals surface area contributed by atoms with Crippen LogP contribution in [0.15, 0.2) is 0 Å². The van der Waals surface area contributed by atoms with Crippen molar-refractivity contribution in [1.29, 1.82) is 0 Å². The largest absolute Gasteiger partial charge is 0.467 e. The molecule has 6 heteroatoms. The van der Waals surface area contributed by atoms with Crippen LogP contribution >= 0.6 is 11.8 Å². The van der Waals surface area contributed by atoms with Gasteiger partial charge in [-0.15, -0.1) is 0 Å². The molecule has 0 aromatic heterocycles. The molecule has 1 amide bonds. The first-order valence-corrected chi connectivity index (χ1v) is 7.24. The van der Waals surface area contributed by atoms with Gasteiger partial charge in [0.1, 0.15) is 6.04 Å². The average Bonchev–Trinajstić information content (AvgIpc) is 2.34. The Kier molecular flexibility index (Phi) is 6.49. The van der Waals surface area contributed by atoms with Crippen molar-refractivity contribution < 1.29 is 19.4 Å². The summed E-state index contributed by atoms with van der Waals surface area (Å²) in [7, 11) is 1.30. The standard InChI is InChI=1S/C12H21NO4S/c1-8(14)13-9(12(16)17-2)7-18-11-6-4-3-5-10(11)15/h9-11,15H,3-7H2,1-2H3,(H,13,14). The maximum atomic E-state index is 11.5. The van der Waals surface area contributed by atoms with Gasteiger partial charge in [0.15, 0.2) is 0 Å². The summed E-state index contributed by atoms with van der Waals surface area (Å²) in [5.74, 6) is -0.258. The van der Waals surface area contributed by atoms with Crippen LogP contribution in [0.25, 0.3) is 0 Å². The SMILES string of the molecule is COC(=O)C(CSC1CCCCC1O)NC(C)=O. The van der Waals surface area contributed by atoms with E-state index in [1.54, 1.807) is 0 Å². The van der Waals surface area contributed by atoms with Gasteiger partial charge < -0.3 is 15.2 Å². The first kappa shape index (κ1) is 15.3. The van der Waals surface area contributed by atoms with Crippen LogP contribution in [-0.2, 0) is 14.3 Å². The van der Waals surface area contributed by atoms with Crippen LogP contribution in [0, 0.1) is 0 Å². The van der Waals surface area contributed by atoms with Gasteiger partial charge >= 0.3 is 5.97 Å². The van der Waals surface area contributed by atoms with Crippen LogP contribution in [0.1, 0.15) is 32.6 Å². The smallest absolute Gasteiger partial charge is 0.329 e. The molecule has 0 aromatic rings. The van der Waals surface area contributed by atoms with E-state index in [-0.39, 0.29) is 17.3 Å². The zero-order valence-electron chi connectivity index (χ0n) is 10.8. The zero-order chi connectivity index (χ0) is 13.5. The van der Waals surface area contributed by atoms with E-state index < -0.39 is 12.0 Å². The van der Waals surface area contributed by atoms with Crippen LogP contribution in [0.4, 0.5) is 0 Å². The normalized spacial score (nSPS) is 25.3. The summed E-state index contributed by atoms with van der Waals surface area (Å²) in [6.07, 6.45) is 3.64. The molecule has 18 heavy (non-hydrogen) atoms. The number of aliphatic hydroxyl groups is 1. The molecule has 1 rings (SSSR count). The Bertz CT molecular complexity index is 298. The van der Waals surface area contributed by atoms with E-state index in [9.17, 15) is 14.7 Å². The monoisotopic (exact) mass is 275 g/mol. The van der Waals surface area contributed by atoms with Gasteiger partial charge in [-0.2, -0.15) is 11.8 Å². The first-order valence-electron chi connectivity index (χ1n) is 6.19. The third-order valence-electron chi connectivity index (χ3n) is 3.01. The number of nitrogens with one attached hydrogen (secondary N) is 1. The van der Waals surface area contributed by atoms with Crippen molar-refractivity contribution in [3.8, 4) is 0 Å². The van der Waals surface area contributed by atoms with Crippen LogP contribution in [0.3, 0.4) is 0 Å². The molecular weight excluding hydrogens is 254 g/mol. The minimum atomic E-state index is -0.633. The van der Waals surface area contributed by atoms with Crippen LogP contribution in [0.2, 0.25) is 0 Å². The number of carbonyl (C=O) groups is 2. The Morgan fingerprint density at radius 2 is 2.11 bits per heavy atom. The number of hydrogen-bond donors (Lipinski definition) is 2. The summed E-state index contributed by atoms with van der Waals surface area (Å²) < 4.78 is 4.65. The van der Waals surface area contributed by atoms with E-state index >= 15 is 0 Å². The molecule has 1 aliphatic rings. The molecule has 2 N–H and O–H groups in total. The van der Waals surface area contributed by atoms with Gasteiger partial charge in [-0.3, -0.25) is 4.79 Å². The van der Waals surface area contributed by atoms with Gasteiger partial charge in [0.2, 0.25) is 5.91 Å². The molecule has 1 aliphatic carbocycles. The molecule has 3 unspecified atom stereocenters. The first-order chi connectivity index (χ1) is 8.54. The lowest BCUT2D eigenvalue weighted by Crippen LogP contribution is -2.43. The Morgan fingerprint density at radius 1 is 1.44 bits per heavy atom. The third-order valence-corrected chi connectivity index (χ3v) is 4.51. The van der Waals surface area contributed by atoms with Crippen molar-refractivity contribution in [2.24, 2.45) is 0 Å². The lowest BCUT2D eigenvalue weighted by Gasteiger charge is -2.28. The Morgan fingerprint density at radius 3 is 2.67 bits per heavy atom. The van der Waals surface area contributed by atoms with Gasteiger partial charge in [-0.25, -0.2) is 4.79 Å². The number of aliphatic hydroxyl groups excluding tert-OH is 1. The summed E-state index contributed by atoms with van der Waals surface area (Å²) in [6, 6.07) is -0.633. The number of ether oxygens (including phenoxy) is 1. The molecule has 0 radical (unpaired) electrons. The molecule has 1 fully saturated rings. The lowest BCUT2D eigenvalue weighted by molar-refractivity contribution is -0.144. The Hall–Kier alpha value is -0.750. The maximum absolute atomic E-state index is 11.5. The van der Waals surface area contributed by atoms with E-state index in [4.69, 9.17) is 0 Å². The van der Waals surface area contributed by atoms with Crippen molar-refractivity contribution in [3.05, 3.63) is 0 Å². The third kappa shape index (κ3) is 4.86. The maximum Gasteiger partial charge on any atom is 0.329 e. The molecule has 0 heterocycles. The van der Waals surface area contributed by atoms with Gasteiger partial charge in [0, 0.05) is 17.9 Å². The summed E-state index contributed by atoms with van der Waals surface area (Å²) in [6.45, 7) is 1.37. The van der Waals surface area contributed by atoms with E-state index in [1.165, 1.54) is 25.8 Å². The second-order valence-electron chi connectivity index (χ2n) is 4.50. The fourth-order valence-electron chi connectivity index (χ4n) is 2.05. The molecule has 0 aliphatic heterocycles. The summed E-state index contributed by atoms with van der Waals surface area (Å²) >= 11 is 1.53. The van der Waals surface area contributed by atoms with Crippen LogP contribution < -0.4 is 5.32 Å². The van der Waals surface area contributed by atoms with Crippen molar-refractivity contribution in [3.63, 3.8) is 0 Å². The highest BCUT2D eigenvalue weighted by atomic mass is 32.2. The number of esters is 1. The molecule has 0 saturated heterocycles. The zero-order valence-corrected chi connectivity index (χ0v) is 11.7. The second-order valence-corrected chi connectivity index (χ2v) is 5.77. The predicted octanol–water partition coefficient (Wildman–Crippen LogP) is 0.701. The number of hydrogen-bond acceptors (Lipinski definition) is 5. The molecule has 5 nitrogen and oxygen atoms in total. The summed E-state index contributed by atoms with van der Waals surface area (Å²) in [5, 5.41) is 12.6. The lowest BCUT2D eigenvalue weighted by atomic mass is 9.97. The molecule has 0 bridgehead atoms. The predicted molar refractivity (Wildman–Crippen MR) is 70.3 cm³/mol. The highest BCUT2D eigenvalue weighted by Crippen LogP contribution is 2.29. The van der Waals surface area contributed by atoms with Crippen molar-refractivity contribution in [2.75, 3.05) is 12.9 Å². The van der Waals surface area contributed by atoms with E-state index in [1.807, 2.05) is 0 Å². The fraction of sp³-hybridized carbons (Fsp3) is 0.833. The molecular formula is C12H21NO4S. The number of carbonyl (C=O) groups excluding carboxylic acids is 2. The summed E-state index contributed by atoms with van der Waals surface area (Å²) in [4.78, 5) is 22.5. The van der Waals surface area contributed by atoms with Crippen LogP contribution in [-0.4, -0.2) is 47.2 Å². The Balaban J connectivity index is 2.45. The second kappa shape index (κ2) is 7.63. The number of thioether (sulfide) groups is 1. The molecule has 3 atom stereocenters. The minimum Gasteiger partial charge on any atom is -0.467 e. The highest BCUT2D eigenvalue weighted by molar-refractivity contribution is 8.00. The molecule has 104 valence electrons. The fourth-order valence-corrected chi connectivity index (χ4v) is 3.40. The van der Waals surface area contributed by atoms with E-state index in [2.05, 4.69) is 10.1 Å². The van der Waals surface area contributed by atoms with Gasteiger partial charge in [0.25, 0.3) is 0 Å².